The third-order valence-electron chi connectivity index (χ3n) is 4.26. The Bertz CT molecular complexity index is 616. The van der Waals surface area contributed by atoms with Crippen molar-refractivity contribution in [3.05, 3.63) is 54.0 Å². The van der Waals surface area contributed by atoms with Crippen LogP contribution < -0.4 is 10.1 Å². The highest BCUT2D eigenvalue weighted by molar-refractivity contribution is 5.94. The first-order valence-electron chi connectivity index (χ1n) is 7.97. The maximum atomic E-state index is 12.3. The average molecular weight is 314 g/mol. The van der Waals surface area contributed by atoms with Gasteiger partial charge in [-0.25, -0.2) is 0 Å². The molecule has 5 heteroatoms. The van der Waals surface area contributed by atoms with E-state index in [9.17, 15) is 4.79 Å². The van der Waals surface area contributed by atoms with Crippen molar-refractivity contribution < 1.29 is 13.9 Å². The Hall–Kier alpha value is -2.27. The molecular weight excluding hydrogens is 292 g/mol. The van der Waals surface area contributed by atoms with Gasteiger partial charge in [-0.05, 0) is 62.3 Å². The number of furan rings is 1. The summed E-state index contributed by atoms with van der Waals surface area (Å²) in [6, 6.07) is 11.1. The number of hydrogen-bond donors (Lipinski definition) is 1. The summed E-state index contributed by atoms with van der Waals surface area (Å²) in [7, 11) is 1.61. The number of hydrogen-bond acceptors (Lipinski definition) is 4. The molecular formula is C18H22N2O3. The van der Waals surface area contributed by atoms with E-state index in [1.165, 1.54) is 12.8 Å². The molecule has 0 saturated carbocycles. The number of rotatable bonds is 6. The monoisotopic (exact) mass is 314 g/mol. The summed E-state index contributed by atoms with van der Waals surface area (Å²) in [5.41, 5.74) is 0.630. The number of ether oxygens (including phenoxy) is 1. The molecule has 1 saturated heterocycles. The van der Waals surface area contributed by atoms with Crippen LogP contribution in [-0.4, -0.2) is 37.6 Å². The minimum absolute atomic E-state index is 0.0802. The fraction of sp³-hybridized carbons (Fsp3) is 0.389. The highest BCUT2D eigenvalue weighted by atomic mass is 16.5. The number of carbonyl (C=O) groups is 1. The number of nitrogens with one attached hydrogen (secondary N) is 1. The van der Waals surface area contributed by atoms with Crippen molar-refractivity contribution in [1.29, 1.82) is 0 Å². The van der Waals surface area contributed by atoms with Gasteiger partial charge >= 0.3 is 0 Å². The molecule has 0 radical (unpaired) electrons. The summed E-state index contributed by atoms with van der Waals surface area (Å²) < 4.78 is 10.7. The van der Waals surface area contributed by atoms with Gasteiger partial charge in [0.15, 0.2) is 0 Å². The lowest BCUT2D eigenvalue weighted by atomic mass is 10.1. The second-order valence-electron chi connectivity index (χ2n) is 5.71. The molecule has 1 N–H and O–H groups in total. The topological polar surface area (TPSA) is 54.7 Å². The number of nitrogens with zero attached hydrogens (tertiary/aromatic N) is 1. The molecule has 0 spiro atoms. The van der Waals surface area contributed by atoms with Crippen LogP contribution in [0.3, 0.4) is 0 Å². The fourth-order valence-electron chi connectivity index (χ4n) is 2.98. The van der Waals surface area contributed by atoms with Crippen LogP contribution in [0.1, 0.15) is 35.0 Å². The molecule has 1 aliphatic heterocycles. The van der Waals surface area contributed by atoms with Gasteiger partial charge in [0.05, 0.1) is 19.4 Å². The lowest BCUT2D eigenvalue weighted by Crippen LogP contribution is -2.36. The molecule has 1 aromatic carbocycles. The van der Waals surface area contributed by atoms with E-state index in [2.05, 4.69) is 10.2 Å². The van der Waals surface area contributed by atoms with Crippen LogP contribution in [0.5, 0.6) is 5.75 Å². The van der Waals surface area contributed by atoms with Crippen molar-refractivity contribution in [2.24, 2.45) is 0 Å². The summed E-state index contributed by atoms with van der Waals surface area (Å²) >= 11 is 0. The van der Waals surface area contributed by atoms with E-state index >= 15 is 0 Å². The standard InChI is InChI=1S/C18H22N2O3/c1-22-15-8-6-14(7-9-15)18(21)19-13-16(17-5-4-12-23-17)20-10-2-3-11-20/h4-9,12,16H,2-3,10-11,13H2,1H3,(H,19,21)/t16-/m0/s1. The number of methoxy groups -OCH3 is 1. The lowest BCUT2D eigenvalue weighted by molar-refractivity contribution is 0.0933. The van der Waals surface area contributed by atoms with Gasteiger partial charge in [0.25, 0.3) is 5.91 Å². The Kier molecular flexibility index (Phi) is 4.98. The van der Waals surface area contributed by atoms with Crippen molar-refractivity contribution in [3.63, 3.8) is 0 Å². The first-order chi connectivity index (χ1) is 11.3. The number of carbonyl (C=O) groups excluding carboxylic acids is 1. The zero-order chi connectivity index (χ0) is 16.1. The Morgan fingerprint density at radius 2 is 2.00 bits per heavy atom. The molecule has 122 valence electrons. The normalized spacial score (nSPS) is 16.2. The van der Waals surface area contributed by atoms with Crippen LogP contribution in [-0.2, 0) is 0 Å². The second-order valence-corrected chi connectivity index (χ2v) is 5.71. The fourth-order valence-corrected chi connectivity index (χ4v) is 2.98. The van der Waals surface area contributed by atoms with E-state index in [1.807, 2.05) is 12.1 Å². The quantitative estimate of drug-likeness (QED) is 0.891. The van der Waals surface area contributed by atoms with E-state index in [-0.39, 0.29) is 11.9 Å². The number of amides is 1. The van der Waals surface area contributed by atoms with Crippen LogP contribution in [0, 0.1) is 0 Å². The molecule has 1 aliphatic rings. The summed E-state index contributed by atoms with van der Waals surface area (Å²) in [5, 5.41) is 3.02. The van der Waals surface area contributed by atoms with Gasteiger partial charge in [0.2, 0.25) is 0 Å². The third kappa shape index (κ3) is 3.74. The first kappa shape index (κ1) is 15.6. The van der Waals surface area contributed by atoms with Gasteiger partial charge in [0.1, 0.15) is 11.5 Å². The van der Waals surface area contributed by atoms with Crippen LogP contribution >= 0.6 is 0 Å². The van der Waals surface area contributed by atoms with E-state index < -0.39 is 0 Å². The lowest BCUT2D eigenvalue weighted by Gasteiger charge is -2.26. The number of benzene rings is 1. The highest BCUT2D eigenvalue weighted by Crippen LogP contribution is 2.25. The van der Waals surface area contributed by atoms with E-state index in [0.717, 1.165) is 24.6 Å². The van der Waals surface area contributed by atoms with Crippen molar-refractivity contribution in [2.45, 2.75) is 18.9 Å². The smallest absolute Gasteiger partial charge is 0.251 e. The van der Waals surface area contributed by atoms with Crippen molar-refractivity contribution in [1.82, 2.24) is 10.2 Å². The predicted octanol–water partition coefficient (Wildman–Crippen LogP) is 2.86. The molecule has 0 unspecified atom stereocenters. The van der Waals surface area contributed by atoms with Gasteiger partial charge in [-0.2, -0.15) is 0 Å². The van der Waals surface area contributed by atoms with E-state index in [1.54, 1.807) is 37.6 Å². The molecule has 0 aliphatic carbocycles. The minimum Gasteiger partial charge on any atom is -0.497 e. The Balaban J connectivity index is 1.64. The average Bonchev–Trinajstić information content (AvgIpc) is 3.29. The zero-order valence-electron chi connectivity index (χ0n) is 13.3. The van der Waals surface area contributed by atoms with Crippen molar-refractivity contribution >= 4 is 5.91 Å². The SMILES string of the molecule is COc1ccc(C(=O)NC[C@@H](c2ccco2)N2CCCC2)cc1. The first-order valence-corrected chi connectivity index (χ1v) is 7.97. The van der Waals surface area contributed by atoms with Crippen LogP contribution in [0.25, 0.3) is 0 Å². The molecule has 23 heavy (non-hydrogen) atoms. The zero-order valence-corrected chi connectivity index (χ0v) is 13.3. The van der Waals surface area contributed by atoms with Gasteiger partial charge < -0.3 is 14.5 Å². The molecule has 1 atom stereocenters. The Morgan fingerprint density at radius 3 is 2.61 bits per heavy atom. The molecule has 1 fully saturated rings. The molecule has 2 heterocycles. The van der Waals surface area contributed by atoms with Crippen LogP contribution in [0.4, 0.5) is 0 Å². The maximum absolute atomic E-state index is 12.3. The van der Waals surface area contributed by atoms with Crippen molar-refractivity contribution in [2.75, 3.05) is 26.7 Å². The third-order valence-corrected chi connectivity index (χ3v) is 4.26. The van der Waals surface area contributed by atoms with E-state index in [4.69, 9.17) is 9.15 Å². The summed E-state index contributed by atoms with van der Waals surface area (Å²) in [6.45, 7) is 2.63. The summed E-state index contributed by atoms with van der Waals surface area (Å²) in [4.78, 5) is 14.7. The van der Waals surface area contributed by atoms with Gasteiger partial charge in [-0.3, -0.25) is 9.69 Å². The molecule has 3 rings (SSSR count). The van der Waals surface area contributed by atoms with Crippen LogP contribution in [0.2, 0.25) is 0 Å². The Morgan fingerprint density at radius 1 is 1.26 bits per heavy atom. The summed E-state index contributed by atoms with van der Waals surface area (Å²) in [5.74, 6) is 1.57. The molecule has 5 nitrogen and oxygen atoms in total. The maximum Gasteiger partial charge on any atom is 0.251 e. The molecule has 2 aromatic rings. The minimum atomic E-state index is -0.0802. The molecule has 1 aromatic heterocycles. The van der Waals surface area contributed by atoms with E-state index in [0.29, 0.717) is 12.1 Å². The molecule has 0 bridgehead atoms. The van der Waals surface area contributed by atoms with Crippen molar-refractivity contribution in [3.8, 4) is 5.75 Å². The van der Waals surface area contributed by atoms with Gasteiger partial charge in [-0.15, -0.1) is 0 Å². The molecule has 1 amide bonds. The largest absolute Gasteiger partial charge is 0.497 e. The second kappa shape index (κ2) is 7.33. The summed E-state index contributed by atoms with van der Waals surface area (Å²) in [6.07, 6.45) is 4.08. The highest BCUT2D eigenvalue weighted by Gasteiger charge is 2.26. The number of likely N-dealkylation sites (tertiary alicyclic amines) is 1. The predicted molar refractivity (Wildman–Crippen MR) is 87.6 cm³/mol. The van der Waals surface area contributed by atoms with Crippen LogP contribution in [0.15, 0.2) is 47.1 Å². The van der Waals surface area contributed by atoms with Gasteiger partial charge in [-0.1, -0.05) is 0 Å². The Labute approximate surface area is 136 Å². The van der Waals surface area contributed by atoms with Gasteiger partial charge in [0, 0.05) is 12.1 Å².